The first-order valence-corrected chi connectivity index (χ1v) is 9.88. The third-order valence-electron chi connectivity index (χ3n) is 5.18. The second-order valence-electron chi connectivity index (χ2n) is 7.22. The number of anilines is 2. The summed E-state index contributed by atoms with van der Waals surface area (Å²) in [6.45, 7) is 4.04. The fourth-order valence-corrected chi connectivity index (χ4v) is 3.54. The van der Waals surface area contributed by atoms with Crippen molar-refractivity contribution >= 4 is 17.3 Å². The molecule has 1 aliphatic heterocycles. The van der Waals surface area contributed by atoms with Crippen LogP contribution in [0.5, 0.6) is 5.75 Å². The van der Waals surface area contributed by atoms with Gasteiger partial charge in [-0.15, -0.1) is 0 Å². The maximum atomic E-state index is 12.5. The lowest BCUT2D eigenvalue weighted by atomic mass is 10.2. The average Bonchev–Trinajstić information content (AvgIpc) is 3.39. The van der Waals surface area contributed by atoms with Crippen molar-refractivity contribution in [1.29, 1.82) is 0 Å². The Kier molecular flexibility index (Phi) is 5.51. The van der Waals surface area contributed by atoms with Crippen LogP contribution < -0.4 is 15.0 Å². The normalized spacial score (nSPS) is 13.5. The number of nitrogens with one attached hydrogen (secondary N) is 1. The molecule has 6 heteroatoms. The Bertz CT molecular complexity index is 972. The van der Waals surface area contributed by atoms with Crippen LogP contribution in [-0.2, 0) is 11.2 Å². The number of benzene rings is 2. The van der Waals surface area contributed by atoms with Crippen LogP contribution in [0.4, 0.5) is 11.4 Å². The number of oxazole rings is 1. The predicted molar refractivity (Wildman–Crippen MR) is 113 cm³/mol. The number of carbonyl (C=O) groups excluding carboxylic acids is 1. The summed E-state index contributed by atoms with van der Waals surface area (Å²) in [5.41, 5.74) is 3.48. The van der Waals surface area contributed by atoms with Crippen LogP contribution in [0.15, 0.2) is 52.9 Å². The second kappa shape index (κ2) is 8.39. The van der Waals surface area contributed by atoms with E-state index in [-0.39, 0.29) is 12.3 Å². The Morgan fingerprint density at radius 2 is 1.79 bits per heavy atom. The lowest BCUT2D eigenvalue weighted by Gasteiger charge is -2.17. The molecule has 1 amide bonds. The van der Waals surface area contributed by atoms with E-state index in [0.717, 1.165) is 30.1 Å². The van der Waals surface area contributed by atoms with Gasteiger partial charge in [-0.3, -0.25) is 4.79 Å². The molecular weight excluding hydrogens is 366 g/mol. The highest BCUT2D eigenvalue weighted by Crippen LogP contribution is 2.25. The molecule has 1 aliphatic rings. The lowest BCUT2D eigenvalue weighted by molar-refractivity contribution is -0.115. The van der Waals surface area contributed by atoms with E-state index in [1.807, 2.05) is 43.3 Å². The molecule has 0 aliphatic carbocycles. The van der Waals surface area contributed by atoms with Crippen molar-refractivity contribution in [1.82, 2.24) is 4.98 Å². The van der Waals surface area contributed by atoms with Crippen molar-refractivity contribution in [2.75, 3.05) is 30.4 Å². The van der Waals surface area contributed by atoms with Crippen molar-refractivity contribution in [2.24, 2.45) is 0 Å². The molecule has 1 saturated heterocycles. The van der Waals surface area contributed by atoms with E-state index in [9.17, 15) is 4.79 Å². The van der Waals surface area contributed by atoms with Crippen molar-refractivity contribution in [3.63, 3.8) is 0 Å². The Morgan fingerprint density at radius 3 is 2.45 bits per heavy atom. The van der Waals surface area contributed by atoms with Gasteiger partial charge in [0.1, 0.15) is 11.5 Å². The Balaban J connectivity index is 1.39. The summed E-state index contributed by atoms with van der Waals surface area (Å²) in [6, 6.07) is 15.5. The Morgan fingerprint density at radius 1 is 1.10 bits per heavy atom. The SMILES string of the molecule is COc1ccc(-c2nc(CC(=O)Nc3ccc(N4CCCC4)cc3)c(C)o2)cc1. The minimum absolute atomic E-state index is 0.114. The van der Waals surface area contributed by atoms with Gasteiger partial charge in [-0.1, -0.05) is 0 Å². The first-order valence-electron chi connectivity index (χ1n) is 9.88. The van der Waals surface area contributed by atoms with Crippen LogP contribution in [0.2, 0.25) is 0 Å². The number of amides is 1. The van der Waals surface area contributed by atoms with Crippen molar-refractivity contribution in [3.8, 4) is 17.2 Å². The van der Waals surface area contributed by atoms with Crippen molar-refractivity contribution in [2.45, 2.75) is 26.2 Å². The molecule has 0 unspecified atom stereocenters. The van der Waals surface area contributed by atoms with Gasteiger partial charge in [0, 0.05) is 30.0 Å². The molecule has 1 fully saturated rings. The summed E-state index contributed by atoms with van der Waals surface area (Å²) in [6.07, 6.45) is 2.65. The molecule has 1 N–H and O–H groups in total. The molecule has 2 heterocycles. The zero-order valence-electron chi connectivity index (χ0n) is 16.8. The van der Waals surface area contributed by atoms with Gasteiger partial charge in [-0.05, 0) is 68.3 Å². The van der Waals surface area contributed by atoms with E-state index < -0.39 is 0 Å². The van der Waals surface area contributed by atoms with Gasteiger partial charge in [0.2, 0.25) is 11.8 Å². The van der Waals surface area contributed by atoms with Crippen LogP contribution in [0, 0.1) is 6.92 Å². The van der Waals surface area contributed by atoms with Gasteiger partial charge in [0.25, 0.3) is 0 Å². The number of hydrogen-bond donors (Lipinski definition) is 1. The summed E-state index contributed by atoms with van der Waals surface area (Å²) in [7, 11) is 1.63. The van der Waals surface area contributed by atoms with E-state index >= 15 is 0 Å². The van der Waals surface area contributed by atoms with Crippen LogP contribution in [-0.4, -0.2) is 31.1 Å². The molecule has 29 heavy (non-hydrogen) atoms. The highest BCUT2D eigenvalue weighted by molar-refractivity contribution is 5.92. The van der Waals surface area contributed by atoms with E-state index in [4.69, 9.17) is 9.15 Å². The molecule has 0 bridgehead atoms. The van der Waals surface area contributed by atoms with Gasteiger partial charge in [-0.25, -0.2) is 4.98 Å². The summed E-state index contributed by atoms with van der Waals surface area (Å²) >= 11 is 0. The van der Waals surface area contributed by atoms with Crippen molar-refractivity contribution in [3.05, 3.63) is 60.0 Å². The van der Waals surface area contributed by atoms with Gasteiger partial charge < -0.3 is 19.4 Å². The number of carbonyl (C=O) groups is 1. The van der Waals surface area contributed by atoms with Gasteiger partial charge in [0.05, 0.1) is 19.2 Å². The monoisotopic (exact) mass is 391 g/mol. The summed E-state index contributed by atoms with van der Waals surface area (Å²) in [4.78, 5) is 19.4. The Labute approximate surface area is 170 Å². The second-order valence-corrected chi connectivity index (χ2v) is 7.22. The zero-order valence-corrected chi connectivity index (χ0v) is 16.8. The Hall–Kier alpha value is -3.28. The number of nitrogens with zero attached hydrogens (tertiary/aromatic N) is 2. The number of ether oxygens (including phenoxy) is 1. The lowest BCUT2D eigenvalue weighted by Crippen LogP contribution is -2.18. The molecule has 3 aromatic rings. The largest absolute Gasteiger partial charge is 0.497 e. The van der Waals surface area contributed by atoms with E-state index in [0.29, 0.717) is 17.3 Å². The molecule has 6 nitrogen and oxygen atoms in total. The smallest absolute Gasteiger partial charge is 0.230 e. The van der Waals surface area contributed by atoms with E-state index in [2.05, 4.69) is 27.3 Å². The minimum atomic E-state index is -0.114. The standard InChI is InChI=1S/C23H25N3O3/c1-16-21(25-23(29-16)17-5-11-20(28-2)12-6-17)15-22(27)24-18-7-9-19(10-8-18)26-13-3-4-14-26/h5-12H,3-4,13-15H2,1-2H3,(H,24,27). The maximum absolute atomic E-state index is 12.5. The van der Waals surface area contributed by atoms with Crippen LogP contribution in [0.1, 0.15) is 24.3 Å². The molecule has 0 atom stereocenters. The first-order chi connectivity index (χ1) is 14.1. The van der Waals surface area contributed by atoms with Gasteiger partial charge in [0.15, 0.2) is 0 Å². The fraction of sp³-hybridized carbons (Fsp3) is 0.304. The molecule has 4 rings (SSSR count). The number of rotatable bonds is 6. The summed E-state index contributed by atoms with van der Waals surface area (Å²) in [5, 5.41) is 2.94. The highest BCUT2D eigenvalue weighted by Gasteiger charge is 2.16. The van der Waals surface area contributed by atoms with Crippen LogP contribution in [0.3, 0.4) is 0 Å². The average molecular weight is 391 g/mol. The molecule has 150 valence electrons. The molecule has 0 saturated carbocycles. The third kappa shape index (κ3) is 4.42. The number of methoxy groups -OCH3 is 1. The fourth-order valence-electron chi connectivity index (χ4n) is 3.54. The maximum Gasteiger partial charge on any atom is 0.230 e. The summed E-state index contributed by atoms with van der Waals surface area (Å²) < 4.78 is 10.9. The molecule has 0 spiro atoms. The summed E-state index contributed by atoms with van der Waals surface area (Å²) in [5.74, 6) is 1.81. The highest BCUT2D eigenvalue weighted by atomic mass is 16.5. The third-order valence-corrected chi connectivity index (χ3v) is 5.18. The van der Waals surface area contributed by atoms with Crippen LogP contribution in [0.25, 0.3) is 11.5 Å². The molecule has 1 aromatic heterocycles. The molecule has 0 radical (unpaired) electrons. The zero-order chi connectivity index (χ0) is 20.2. The number of hydrogen-bond acceptors (Lipinski definition) is 5. The quantitative estimate of drug-likeness (QED) is 0.673. The molecular formula is C23H25N3O3. The van der Waals surface area contributed by atoms with Crippen LogP contribution >= 0.6 is 0 Å². The van der Waals surface area contributed by atoms with E-state index in [1.165, 1.54) is 18.5 Å². The topological polar surface area (TPSA) is 67.6 Å². The van der Waals surface area contributed by atoms with Gasteiger partial charge >= 0.3 is 0 Å². The van der Waals surface area contributed by atoms with E-state index in [1.54, 1.807) is 7.11 Å². The van der Waals surface area contributed by atoms with Gasteiger partial charge in [-0.2, -0.15) is 0 Å². The predicted octanol–water partition coefficient (Wildman–Crippen LogP) is 4.44. The number of aromatic nitrogens is 1. The first kappa shape index (κ1) is 19.1. The minimum Gasteiger partial charge on any atom is -0.497 e. The number of aryl methyl sites for hydroxylation is 1. The molecule has 2 aromatic carbocycles. The van der Waals surface area contributed by atoms with Crippen molar-refractivity contribution < 1.29 is 13.9 Å².